The Morgan fingerprint density at radius 2 is 1.93 bits per heavy atom. The van der Waals surface area contributed by atoms with Crippen LogP contribution >= 0.6 is 0 Å². The maximum Gasteiger partial charge on any atom is 0.240 e. The average Bonchev–Trinajstić information content (AvgIpc) is 3.06. The van der Waals surface area contributed by atoms with Gasteiger partial charge in [-0.25, -0.2) is 13.4 Å². The molecular weight excluding hydrogens is 366 g/mol. The highest BCUT2D eigenvalue weighted by molar-refractivity contribution is 7.92. The van der Waals surface area contributed by atoms with E-state index in [4.69, 9.17) is 4.74 Å². The van der Waals surface area contributed by atoms with Crippen molar-refractivity contribution in [1.29, 1.82) is 0 Å². The first-order chi connectivity index (χ1) is 12.8. The molecule has 142 valence electrons. The summed E-state index contributed by atoms with van der Waals surface area (Å²) in [6, 6.07) is 14.3. The highest BCUT2D eigenvalue weighted by Crippen LogP contribution is 2.34. The van der Waals surface area contributed by atoms with Crippen molar-refractivity contribution >= 4 is 27.3 Å². The van der Waals surface area contributed by atoms with E-state index in [0.717, 1.165) is 28.8 Å². The maximum atomic E-state index is 12.1. The third kappa shape index (κ3) is 4.46. The number of benzene rings is 2. The Morgan fingerprint density at radius 1 is 1.22 bits per heavy atom. The van der Waals surface area contributed by atoms with Crippen molar-refractivity contribution in [2.24, 2.45) is 5.10 Å². The minimum absolute atomic E-state index is 0.156. The molecule has 2 aromatic carbocycles. The molecule has 1 N–H and O–H groups in total. The van der Waals surface area contributed by atoms with Crippen LogP contribution in [-0.2, 0) is 14.8 Å². The molecular formula is C19H21N3O4S. The number of methoxy groups -OCH3 is 1. The van der Waals surface area contributed by atoms with Crippen LogP contribution < -0.4 is 9.46 Å². The third-order valence-corrected chi connectivity index (χ3v) is 4.84. The molecule has 0 bridgehead atoms. The SMILES string of the molecule is COc1ccc([C@H]2CC(c3cccc(NS(C)(=O)=O)c3)=NN2C(C)=O)cc1. The van der Waals surface area contributed by atoms with Crippen LogP contribution in [-0.4, -0.2) is 38.4 Å². The molecule has 1 heterocycles. The van der Waals surface area contributed by atoms with Gasteiger partial charge < -0.3 is 4.74 Å². The van der Waals surface area contributed by atoms with Crippen molar-refractivity contribution in [2.45, 2.75) is 19.4 Å². The van der Waals surface area contributed by atoms with Gasteiger partial charge in [-0.1, -0.05) is 24.3 Å². The number of ether oxygens (including phenoxy) is 1. The van der Waals surface area contributed by atoms with E-state index in [0.29, 0.717) is 12.1 Å². The quantitative estimate of drug-likeness (QED) is 0.854. The number of hydrogen-bond acceptors (Lipinski definition) is 5. The zero-order valence-electron chi connectivity index (χ0n) is 15.3. The number of carbonyl (C=O) groups excluding carboxylic acids is 1. The largest absolute Gasteiger partial charge is 0.497 e. The molecule has 0 unspecified atom stereocenters. The van der Waals surface area contributed by atoms with Gasteiger partial charge in [-0.15, -0.1) is 0 Å². The number of hydrogen-bond donors (Lipinski definition) is 1. The lowest BCUT2D eigenvalue weighted by Crippen LogP contribution is -2.24. The predicted octanol–water partition coefficient (Wildman–Crippen LogP) is 2.76. The second kappa shape index (κ2) is 7.40. The summed E-state index contributed by atoms with van der Waals surface area (Å²) in [6.45, 7) is 1.48. The molecule has 1 aliphatic heterocycles. The van der Waals surface area contributed by atoms with E-state index in [-0.39, 0.29) is 11.9 Å². The first-order valence-electron chi connectivity index (χ1n) is 8.36. The summed E-state index contributed by atoms with van der Waals surface area (Å²) in [5.74, 6) is 0.586. The Balaban J connectivity index is 1.90. The minimum Gasteiger partial charge on any atom is -0.497 e. The summed E-state index contributed by atoms with van der Waals surface area (Å²) in [7, 11) is -1.77. The molecule has 3 rings (SSSR count). The van der Waals surface area contributed by atoms with Gasteiger partial charge in [0.15, 0.2) is 0 Å². The van der Waals surface area contributed by atoms with Crippen LogP contribution in [0.5, 0.6) is 5.75 Å². The molecule has 0 spiro atoms. The predicted molar refractivity (Wildman–Crippen MR) is 104 cm³/mol. The van der Waals surface area contributed by atoms with Gasteiger partial charge in [-0.3, -0.25) is 9.52 Å². The topological polar surface area (TPSA) is 88.1 Å². The van der Waals surface area contributed by atoms with Crippen molar-refractivity contribution in [3.63, 3.8) is 0 Å². The van der Waals surface area contributed by atoms with Crippen molar-refractivity contribution < 1.29 is 17.9 Å². The number of nitrogens with one attached hydrogen (secondary N) is 1. The van der Waals surface area contributed by atoms with Crippen molar-refractivity contribution in [1.82, 2.24) is 5.01 Å². The van der Waals surface area contributed by atoms with Gasteiger partial charge in [0, 0.05) is 19.0 Å². The van der Waals surface area contributed by atoms with E-state index in [1.165, 1.54) is 11.9 Å². The highest BCUT2D eigenvalue weighted by atomic mass is 32.2. The van der Waals surface area contributed by atoms with E-state index in [2.05, 4.69) is 9.82 Å². The zero-order chi connectivity index (χ0) is 19.6. The van der Waals surface area contributed by atoms with Crippen molar-refractivity contribution in [2.75, 3.05) is 18.1 Å². The lowest BCUT2D eigenvalue weighted by atomic mass is 9.98. The maximum absolute atomic E-state index is 12.1. The molecule has 1 aliphatic rings. The fraction of sp³-hybridized carbons (Fsp3) is 0.263. The van der Waals surface area contributed by atoms with Gasteiger partial charge >= 0.3 is 0 Å². The van der Waals surface area contributed by atoms with Crippen LogP contribution in [0.3, 0.4) is 0 Å². The third-order valence-electron chi connectivity index (χ3n) is 4.23. The molecule has 0 fully saturated rings. The summed E-state index contributed by atoms with van der Waals surface area (Å²) in [5, 5.41) is 5.95. The summed E-state index contributed by atoms with van der Waals surface area (Å²) < 4.78 is 30.6. The molecule has 1 atom stereocenters. The standard InChI is InChI=1S/C19H21N3O4S/c1-13(23)22-19(14-7-9-17(26-2)10-8-14)12-18(20-22)15-5-4-6-16(11-15)21-27(3,24)25/h4-11,19,21H,12H2,1-3H3/t19-/m1/s1. The lowest BCUT2D eigenvalue weighted by Gasteiger charge is -2.20. The average molecular weight is 387 g/mol. The van der Waals surface area contributed by atoms with Gasteiger partial charge in [-0.2, -0.15) is 5.10 Å². The monoisotopic (exact) mass is 387 g/mol. The summed E-state index contributed by atoms with van der Waals surface area (Å²) in [5.41, 5.74) is 2.91. The number of hydrazone groups is 1. The number of amides is 1. The first kappa shape index (κ1) is 18.9. The van der Waals surface area contributed by atoms with Gasteiger partial charge in [0.2, 0.25) is 15.9 Å². The molecule has 27 heavy (non-hydrogen) atoms. The Labute approximate surface area is 158 Å². The number of sulfonamides is 1. The van der Waals surface area contributed by atoms with Crippen molar-refractivity contribution in [3.8, 4) is 5.75 Å². The van der Waals surface area contributed by atoms with E-state index in [1.807, 2.05) is 30.3 Å². The van der Waals surface area contributed by atoms with E-state index >= 15 is 0 Å². The Hall–Kier alpha value is -2.87. The lowest BCUT2D eigenvalue weighted by molar-refractivity contribution is -0.130. The summed E-state index contributed by atoms with van der Waals surface area (Å²) in [6.07, 6.45) is 1.64. The van der Waals surface area contributed by atoms with E-state index in [9.17, 15) is 13.2 Å². The van der Waals surface area contributed by atoms with Crippen LogP contribution in [0, 0.1) is 0 Å². The van der Waals surface area contributed by atoms with E-state index < -0.39 is 10.0 Å². The Morgan fingerprint density at radius 3 is 2.52 bits per heavy atom. The molecule has 2 aromatic rings. The number of rotatable bonds is 5. The van der Waals surface area contributed by atoms with Crippen LogP contribution in [0.25, 0.3) is 0 Å². The van der Waals surface area contributed by atoms with Gasteiger partial charge in [0.05, 0.1) is 25.1 Å². The smallest absolute Gasteiger partial charge is 0.240 e. The highest BCUT2D eigenvalue weighted by Gasteiger charge is 2.31. The summed E-state index contributed by atoms with van der Waals surface area (Å²) in [4.78, 5) is 12.1. The molecule has 1 amide bonds. The molecule has 0 saturated carbocycles. The first-order valence-corrected chi connectivity index (χ1v) is 10.3. The van der Waals surface area contributed by atoms with Gasteiger partial charge in [-0.05, 0) is 35.4 Å². The van der Waals surface area contributed by atoms with Crippen LogP contribution in [0.2, 0.25) is 0 Å². The number of nitrogens with zero attached hydrogens (tertiary/aromatic N) is 2. The molecule has 0 saturated heterocycles. The van der Waals surface area contributed by atoms with Crippen LogP contribution in [0.15, 0.2) is 53.6 Å². The van der Waals surface area contributed by atoms with Crippen molar-refractivity contribution in [3.05, 3.63) is 59.7 Å². The molecule has 0 radical (unpaired) electrons. The van der Waals surface area contributed by atoms with E-state index in [1.54, 1.807) is 25.3 Å². The normalized spacial score (nSPS) is 16.8. The zero-order valence-corrected chi connectivity index (χ0v) is 16.2. The van der Waals surface area contributed by atoms with Crippen LogP contribution in [0.1, 0.15) is 30.5 Å². The van der Waals surface area contributed by atoms with Gasteiger partial charge in [0.25, 0.3) is 0 Å². The van der Waals surface area contributed by atoms with Gasteiger partial charge in [0.1, 0.15) is 5.75 Å². The molecule has 7 nitrogen and oxygen atoms in total. The molecule has 0 aromatic heterocycles. The second-order valence-electron chi connectivity index (χ2n) is 6.36. The van der Waals surface area contributed by atoms with Crippen LogP contribution in [0.4, 0.5) is 5.69 Å². The summed E-state index contributed by atoms with van der Waals surface area (Å²) >= 11 is 0. The fourth-order valence-electron chi connectivity index (χ4n) is 3.04. The number of carbonyl (C=O) groups is 1. The second-order valence-corrected chi connectivity index (χ2v) is 8.11. The Kier molecular flexibility index (Phi) is 5.18. The Bertz CT molecular complexity index is 984. The fourth-order valence-corrected chi connectivity index (χ4v) is 3.59. The minimum atomic E-state index is -3.37. The number of anilines is 1. The molecule has 0 aliphatic carbocycles. The molecule has 8 heteroatoms.